The highest BCUT2D eigenvalue weighted by atomic mass is 16.2. The van der Waals surface area contributed by atoms with Crippen LogP contribution in [0.4, 0.5) is 0 Å². The van der Waals surface area contributed by atoms with Gasteiger partial charge >= 0.3 is 0 Å². The van der Waals surface area contributed by atoms with E-state index in [1.807, 2.05) is 24.9 Å². The Kier molecular flexibility index (Phi) is 4.46. The van der Waals surface area contributed by atoms with Gasteiger partial charge in [0.2, 0.25) is 0 Å². The topological polar surface area (TPSA) is 54.3 Å². The van der Waals surface area contributed by atoms with Gasteiger partial charge in [-0.05, 0) is 51.8 Å². The summed E-state index contributed by atoms with van der Waals surface area (Å²) < 4.78 is 1.77. The summed E-state index contributed by atoms with van der Waals surface area (Å²) in [6.45, 7) is 6.13. The summed E-state index contributed by atoms with van der Waals surface area (Å²) in [7, 11) is 1.88. The second kappa shape index (κ2) is 6.75. The number of hydrogen-bond acceptors (Lipinski definition) is 4. The molecule has 2 saturated heterocycles. The first-order valence-corrected chi connectivity index (χ1v) is 9.46. The summed E-state index contributed by atoms with van der Waals surface area (Å²) in [4.78, 5) is 22.0. The summed E-state index contributed by atoms with van der Waals surface area (Å²) in [5, 5.41) is 5.36. The van der Waals surface area contributed by atoms with Gasteiger partial charge in [0.25, 0.3) is 5.91 Å². The minimum absolute atomic E-state index is 0.106. The fourth-order valence-electron chi connectivity index (χ4n) is 4.33. The Bertz CT molecular complexity index is 769. The predicted molar refractivity (Wildman–Crippen MR) is 97.6 cm³/mol. The van der Waals surface area contributed by atoms with Crippen molar-refractivity contribution in [1.29, 1.82) is 0 Å². The lowest BCUT2D eigenvalue weighted by Gasteiger charge is -2.40. The summed E-state index contributed by atoms with van der Waals surface area (Å²) >= 11 is 0. The second-order valence-corrected chi connectivity index (χ2v) is 7.42. The largest absolute Gasteiger partial charge is 0.338 e. The normalized spacial score (nSPS) is 20.3. The highest BCUT2D eigenvalue weighted by Gasteiger charge is 2.28. The van der Waals surface area contributed by atoms with Gasteiger partial charge in [-0.25, -0.2) is 4.98 Å². The van der Waals surface area contributed by atoms with Crippen molar-refractivity contribution in [1.82, 2.24) is 24.6 Å². The molecule has 0 atom stereocenters. The lowest BCUT2D eigenvalue weighted by atomic mass is 9.99. The number of aryl methyl sites for hydroxylation is 2. The number of carbonyl (C=O) groups excluding carboxylic acids is 1. The zero-order valence-corrected chi connectivity index (χ0v) is 15.2. The molecule has 2 aromatic rings. The Hall–Kier alpha value is -1.95. The first-order chi connectivity index (χ1) is 12.1. The van der Waals surface area contributed by atoms with E-state index in [2.05, 4.69) is 15.0 Å². The van der Waals surface area contributed by atoms with E-state index in [9.17, 15) is 4.79 Å². The molecule has 2 aliphatic rings. The number of nitrogens with zero attached hydrogens (tertiary/aromatic N) is 5. The standard InChI is InChI=1S/C19H27N5O/c1-14-17-12-15(13-20-18(17)22(2)21-14)19(25)24-10-6-16(7-11-24)23-8-4-3-5-9-23/h12-13,16H,3-11H2,1-2H3. The van der Waals surface area contributed by atoms with Crippen LogP contribution in [0.15, 0.2) is 12.3 Å². The minimum Gasteiger partial charge on any atom is -0.338 e. The van der Waals surface area contributed by atoms with Crippen LogP contribution in [-0.4, -0.2) is 62.7 Å². The molecule has 0 saturated carbocycles. The number of amides is 1. The second-order valence-electron chi connectivity index (χ2n) is 7.42. The van der Waals surface area contributed by atoms with Gasteiger partial charge in [0.1, 0.15) is 0 Å². The van der Waals surface area contributed by atoms with Crippen molar-refractivity contribution in [2.24, 2.45) is 7.05 Å². The van der Waals surface area contributed by atoms with Crippen LogP contribution in [0.3, 0.4) is 0 Å². The number of piperidine rings is 2. The molecule has 0 radical (unpaired) electrons. The number of pyridine rings is 1. The number of aromatic nitrogens is 3. The van der Waals surface area contributed by atoms with Gasteiger partial charge in [-0.3, -0.25) is 9.48 Å². The minimum atomic E-state index is 0.106. The molecule has 4 rings (SSSR count). The zero-order chi connectivity index (χ0) is 17.4. The molecule has 0 N–H and O–H groups in total. The average molecular weight is 341 g/mol. The highest BCUT2D eigenvalue weighted by molar-refractivity contribution is 5.97. The van der Waals surface area contributed by atoms with Crippen LogP contribution < -0.4 is 0 Å². The van der Waals surface area contributed by atoms with Gasteiger partial charge in [-0.2, -0.15) is 5.10 Å². The van der Waals surface area contributed by atoms with E-state index in [0.717, 1.165) is 42.7 Å². The first-order valence-electron chi connectivity index (χ1n) is 9.46. The van der Waals surface area contributed by atoms with E-state index >= 15 is 0 Å². The number of likely N-dealkylation sites (tertiary alicyclic amines) is 2. The molecule has 2 aliphatic heterocycles. The molecule has 6 nitrogen and oxygen atoms in total. The van der Waals surface area contributed by atoms with Gasteiger partial charge < -0.3 is 9.80 Å². The molecule has 134 valence electrons. The maximum absolute atomic E-state index is 12.9. The Morgan fingerprint density at radius 3 is 2.56 bits per heavy atom. The highest BCUT2D eigenvalue weighted by Crippen LogP contribution is 2.23. The average Bonchev–Trinajstić information content (AvgIpc) is 2.95. The monoisotopic (exact) mass is 341 g/mol. The Labute approximate surface area is 148 Å². The quantitative estimate of drug-likeness (QED) is 0.841. The van der Waals surface area contributed by atoms with E-state index in [0.29, 0.717) is 11.6 Å². The number of carbonyl (C=O) groups is 1. The van der Waals surface area contributed by atoms with Gasteiger partial charge in [-0.1, -0.05) is 6.42 Å². The molecule has 1 amide bonds. The van der Waals surface area contributed by atoms with Crippen molar-refractivity contribution in [2.45, 2.75) is 45.1 Å². The van der Waals surface area contributed by atoms with Crippen LogP contribution in [-0.2, 0) is 7.05 Å². The van der Waals surface area contributed by atoms with Crippen LogP contribution in [0.2, 0.25) is 0 Å². The van der Waals surface area contributed by atoms with Gasteiger partial charge in [0, 0.05) is 37.8 Å². The number of fused-ring (bicyclic) bond motifs is 1. The van der Waals surface area contributed by atoms with Crippen molar-refractivity contribution in [2.75, 3.05) is 26.2 Å². The predicted octanol–water partition coefficient (Wildman–Crippen LogP) is 2.37. The Balaban J connectivity index is 1.44. The molecule has 25 heavy (non-hydrogen) atoms. The number of rotatable bonds is 2. The Morgan fingerprint density at radius 2 is 1.84 bits per heavy atom. The third-order valence-electron chi connectivity index (χ3n) is 5.77. The maximum Gasteiger partial charge on any atom is 0.255 e. The fraction of sp³-hybridized carbons (Fsp3) is 0.632. The fourth-order valence-corrected chi connectivity index (χ4v) is 4.33. The SMILES string of the molecule is Cc1nn(C)c2ncc(C(=O)N3CCC(N4CCCCC4)CC3)cc12. The van der Waals surface area contributed by atoms with E-state index < -0.39 is 0 Å². The van der Waals surface area contributed by atoms with E-state index in [4.69, 9.17) is 0 Å². The summed E-state index contributed by atoms with van der Waals surface area (Å²) in [5.74, 6) is 0.106. The molecule has 6 heteroatoms. The van der Waals surface area contributed by atoms with Crippen molar-refractivity contribution in [3.63, 3.8) is 0 Å². The zero-order valence-electron chi connectivity index (χ0n) is 15.2. The van der Waals surface area contributed by atoms with Gasteiger partial charge in [-0.15, -0.1) is 0 Å². The first kappa shape index (κ1) is 16.5. The van der Waals surface area contributed by atoms with Crippen LogP contribution >= 0.6 is 0 Å². The van der Waals surface area contributed by atoms with Crippen molar-refractivity contribution in [3.05, 3.63) is 23.5 Å². The van der Waals surface area contributed by atoms with E-state index in [1.54, 1.807) is 10.9 Å². The molecule has 0 aromatic carbocycles. The van der Waals surface area contributed by atoms with Crippen LogP contribution in [0.25, 0.3) is 11.0 Å². The molecule has 0 aliphatic carbocycles. The van der Waals surface area contributed by atoms with E-state index in [1.165, 1.54) is 32.4 Å². The van der Waals surface area contributed by atoms with E-state index in [-0.39, 0.29) is 5.91 Å². The van der Waals surface area contributed by atoms with Crippen molar-refractivity contribution >= 4 is 16.9 Å². The van der Waals surface area contributed by atoms with Crippen molar-refractivity contribution < 1.29 is 4.79 Å². The molecule has 4 heterocycles. The van der Waals surface area contributed by atoms with Gasteiger partial charge in [0.15, 0.2) is 5.65 Å². The molecule has 2 aromatic heterocycles. The van der Waals surface area contributed by atoms with Gasteiger partial charge in [0.05, 0.1) is 11.3 Å². The third kappa shape index (κ3) is 3.15. The smallest absolute Gasteiger partial charge is 0.255 e. The lowest BCUT2D eigenvalue weighted by molar-refractivity contribution is 0.0590. The summed E-state index contributed by atoms with van der Waals surface area (Å²) in [6, 6.07) is 2.61. The maximum atomic E-state index is 12.9. The molecular weight excluding hydrogens is 314 g/mol. The molecule has 2 fully saturated rings. The summed E-state index contributed by atoms with van der Waals surface area (Å²) in [6.07, 6.45) is 7.91. The molecular formula is C19H27N5O. The molecule has 0 spiro atoms. The lowest BCUT2D eigenvalue weighted by Crippen LogP contribution is -2.48. The third-order valence-corrected chi connectivity index (χ3v) is 5.77. The number of hydrogen-bond donors (Lipinski definition) is 0. The Morgan fingerprint density at radius 1 is 1.12 bits per heavy atom. The van der Waals surface area contributed by atoms with Crippen LogP contribution in [0.5, 0.6) is 0 Å². The summed E-state index contributed by atoms with van der Waals surface area (Å²) in [5.41, 5.74) is 2.43. The van der Waals surface area contributed by atoms with Crippen LogP contribution in [0, 0.1) is 6.92 Å². The van der Waals surface area contributed by atoms with Crippen molar-refractivity contribution in [3.8, 4) is 0 Å². The molecule has 0 bridgehead atoms. The van der Waals surface area contributed by atoms with Crippen LogP contribution in [0.1, 0.15) is 48.2 Å². The molecule has 0 unspecified atom stereocenters.